The van der Waals surface area contributed by atoms with Crippen molar-refractivity contribution in [1.82, 2.24) is 25.0 Å². The highest BCUT2D eigenvalue weighted by molar-refractivity contribution is 5.48. The zero-order valence-corrected chi connectivity index (χ0v) is 19.4. The minimum atomic E-state index is -0.668. The molecule has 2 aromatic heterocycles. The van der Waals surface area contributed by atoms with E-state index >= 15 is 0 Å². The average molecular weight is 484 g/mol. The quantitative estimate of drug-likeness (QED) is 0.592. The lowest BCUT2D eigenvalue weighted by molar-refractivity contribution is 0.0808. The van der Waals surface area contributed by atoms with Crippen LogP contribution in [0.25, 0.3) is 0 Å². The van der Waals surface area contributed by atoms with Gasteiger partial charge in [0.2, 0.25) is 11.8 Å². The van der Waals surface area contributed by atoms with Crippen LogP contribution in [0.1, 0.15) is 36.8 Å². The van der Waals surface area contributed by atoms with E-state index in [4.69, 9.17) is 19.6 Å². The number of hydrogen-bond donors (Lipinski definition) is 1. The summed E-state index contributed by atoms with van der Waals surface area (Å²) in [6.07, 6.45) is 4.10. The first-order chi connectivity index (χ1) is 17.1. The Bertz CT molecular complexity index is 1190. The molecule has 2 aliphatic heterocycles. The molecule has 4 atom stereocenters. The van der Waals surface area contributed by atoms with Crippen LogP contribution < -0.4 is 15.0 Å². The highest BCUT2D eigenvalue weighted by atomic mass is 19.1. The number of piperidine rings is 1. The summed E-state index contributed by atoms with van der Waals surface area (Å²) in [6, 6.07) is 5.62. The SMILES string of the molecule is COc1cc(N2C[C@H]3CC[C@@H](C2)C3Nc2nc3n(n2)CCCO[C@H]3c2cc(F)cc(F)c2)cnn1. The van der Waals surface area contributed by atoms with Gasteiger partial charge in [0, 0.05) is 44.4 Å². The molecular weight excluding hydrogens is 456 g/mol. The number of anilines is 2. The van der Waals surface area contributed by atoms with E-state index in [1.54, 1.807) is 18.0 Å². The molecule has 0 amide bonds. The Morgan fingerprint density at radius 3 is 2.60 bits per heavy atom. The molecule has 0 radical (unpaired) electrons. The summed E-state index contributed by atoms with van der Waals surface area (Å²) in [7, 11) is 1.59. The standard InChI is InChI=1S/C24H27F2N7O2/c1-34-20-10-19(11-27-30-20)32-12-14-3-4-15(13-32)21(14)28-24-29-23-22(35-6-2-5-33(23)31-24)16-7-17(25)9-18(26)8-16/h7-11,14-15,21-22H,2-6,12-13H2,1H3,(H,28,31)/t14-,15+,21?,22-/m0/s1. The van der Waals surface area contributed by atoms with E-state index in [2.05, 4.69) is 20.4 Å². The zero-order valence-electron chi connectivity index (χ0n) is 19.4. The maximum Gasteiger partial charge on any atom is 0.242 e. The Labute approximate surface area is 201 Å². The number of nitrogens with zero attached hydrogens (tertiary/aromatic N) is 6. The molecule has 1 N–H and O–H groups in total. The Kier molecular flexibility index (Phi) is 5.71. The van der Waals surface area contributed by atoms with Crippen molar-refractivity contribution in [2.75, 3.05) is 37.0 Å². The lowest BCUT2D eigenvalue weighted by atomic mass is 9.92. The lowest BCUT2D eigenvalue weighted by Crippen LogP contribution is -2.48. The van der Waals surface area contributed by atoms with Gasteiger partial charge in [0.05, 0.1) is 19.0 Å². The highest BCUT2D eigenvalue weighted by Gasteiger charge is 2.43. The number of nitrogens with one attached hydrogen (secondary N) is 1. The monoisotopic (exact) mass is 483 g/mol. The van der Waals surface area contributed by atoms with Crippen molar-refractivity contribution in [3.8, 4) is 5.88 Å². The Hall–Kier alpha value is -3.34. The number of halogens is 2. The van der Waals surface area contributed by atoms with E-state index in [9.17, 15) is 8.78 Å². The minimum absolute atomic E-state index is 0.251. The summed E-state index contributed by atoms with van der Waals surface area (Å²) in [5, 5.41) is 16.3. The van der Waals surface area contributed by atoms with E-state index in [1.165, 1.54) is 12.1 Å². The predicted molar refractivity (Wildman–Crippen MR) is 123 cm³/mol. The first kappa shape index (κ1) is 22.1. The summed E-state index contributed by atoms with van der Waals surface area (Å²) in [5.74, 6) is 1.20. The largest absolute Gasteiger partial charge is 0.480 e. The number of benzene rings is 1. The molecule has 4 heterocycles. The van der Waals surface area contributed by atoms with Gasteiger partial charge in [-0.1, -0.05) is 0 Å². The van der Waals surface area contributed by atoms with Gasteiger partial charge < -0.3 is 19.7 Å². The molecular formula is C24H27F2N7O2. The van der Waals surface area contributed by atoms with Gasteiger partial charge in [0.1, 0.15) is 17.7 Å². The number of fused-ring (bicyclic) bond motifs is 3. The molecule has 184 valence electrons. The third kappa shape index (κ3) is 4.29. The maximum absolute atomic E-state index is 13.9. The first-order valence-corrected chi connectivity index (χ1v) is 12.0. The summed E-state index contributed by atoms with van der Waals surface area (Å²) in [4.78, 5) is 7.08. The maximum atomic E-state index is 13.9. The fourth-order valence-electron chi connectivity index (χ4n) is 5.66. The van der Waals surface area contributed by atoms with Crippen molar-refractivity contribution in [3.63, 3.8) is 0 Å². The summed E-state index contributed by atoms with van der Waals surface area (Å²) < 4.78 is 40.8. The number of aryl methyl sites for hydroxylation is 1. The smallest absolute Gasteiger partial charge is 0.242 e. The van der Waals surface area contributed by atoms with Crippen molar-refractivity contribution in [2.24, 2.45) is 11.8 Å². The molecule has 11 heteroatoms. The van der Waals surface area contributed by atoms with Crippen LogP contribution in [0.3, 0.4) is 0 Å². The molecule has 1 saturated heterocycles. The van der Waals surface area contributed by atoms with Gasteiger partial charge in [0.15, 0.2) is 5.82 Å². The average Bonchev–Trinajstić information content (AvgIpc) is 3.25. The molecule has 2 fully saturated rings. The number of ether oxygens (including phenoxy) is 2. The molecule has 0 spiro atoms. The fraction of sp³-hybridized carbons (Fsp3) is 0.500. The third-order valence-corrected chi connectivity index (χ3v) is 7.24. The van der Waals surface area contributed by atoms with Gasteiger partial charge in [-0.15, -0.1) is 10.2 Å². The van der Waals surface area contributed by atoms with Crippen LogP contribution in [0, 0.1) is 23.5 Å². The lowest BCUT2D eigenvalue weighted by Gasteiger charge is -2.39. The van der Waals surface area contributed by atoms with Gasteiger partial charge in [0.25, 0.3) is 0 Å². The van der Waals surface area contributed by atoms with E-state index < -0.39 is 17.7 Å². The van der Waals surface area contributed by atoms with E-state index in [0.717, 1.165) is 44.1 Å². The second-order valence-electron chi connectivity index (χ2n) is 9.45. The molecule has 3 aliphatic rings. The molecule has 9 nitrogen and oxygen atoms in total. The Balaban J connectivity index is 1.21. The molecule has 1 saturated carbocycles. The van der Waals surface area contributed by atoms with Gasteiger partial charge in [-0.3, -0.25) is 0 Å². The Morgan fingerprint density at radius 2 is 1.86 bits per heavy atom. The molecule has 2 bridgehead atoms. The van der Waals surface area contributed by atoms with E-state index in [-0.39, 0.29) is 6.04 Å². The first-order valence-electron chi connectivity index (χ1n) is 12.0. The van der Waals surface area contributed by atoms with Crippen LogP contribution in [-0.2, 0) is 11.3 Å². The molecule has 1 unspecified atom stereocenters. The minimum Gasteiger partial charge on any atom is -0.480 e. The van der Waals surface area contributed by atoms with Gasteiger partial charge in [-0.2, -0.15) is 10.1 Å². The second kappa shape index (κ2) is 9.03. The topological polar surface area (TPSA) is 90.2 Å². The normalized spacial score (nSPS) is 25.7. The van der Waals surface area contributed by atoms with Crippen molar-refractivity contribution in [1.29, 1.82) is 0 Å². The van der Waals surface area contributed by atoms with E-state index in [1.807, 2.05) is 6.07 Å². The van der Waals surface area contributed by atoms with Gasteiger partial charge >= 0.3 is 0 Å². The Morgan fingerprint density at radius 1 is 1.09 bits per heavy atom. The van der Waals surface area contributed by atoms with Crippen LogP contribution in [0.2, 0.25) is 0 Å². The number of rotatable bonds is 5. The van der Waals surface area contributed by atoms with Crippen LogP contribution in [0.15, 0.2) is 30.5 Å². The van der Waals surface area contributed by atoms with Crippen LogP contribution >= 0.6 is 0 Å². The van der Waals surface area contributed by atoms with E-state index in [0.29, 0.717) is 48.2 Å². The van der Waals surface area contributed by atoms with Crippen LogP contribution in [0.5, 0.6) is 5.88 Å². The molecule has 1 aromatic carbocycles. The van der Waals surface area contributed by atoms with Crippen molar-refractivity contribution in [2.45, 2.75) is 38.0 Å². The second-order valence-corrected chi connectivity index (χ2v) is 9.45. The highest BCUT2D eigenvalue weighted by Crippen LogP contribution is 2.40. The molecule has 35 heavy (non-hydrogen) atoms. The molecule has 3 aromatic rings. The summed E-state index contributed by atoms with van der Waals surface area (Å²) in [6.45, 7) is 2.89. The predicted octanol–water partition coefficient (Wildman–Crippen LogP) is 3.19. The van der Waals surface area contributed by atoms with Gasteiger partial charge in [-0.05, 0) is 48.8 Å². The fourth-order valence-corrected chi connectivity index (χ4v) is 5.66. The summed E-state index contributed by atoms with van der Waals surface area (Å²) >= 11 is 0. The number of hydrogen-bond acceptors (Lipinski definition) is 8. The molecule has 6 rings (SSSR count). The number of aromatic nitrogens is 5. The summed E-state index contributed by atoms with van der Waals surface area (Å²) in [5.41, 5.74) is 1.42. The van der Waals surface area contributed by atoms with Crippen molar-refractivity contribution in [3.05, 3.63) is 53.5 Å². The van der Waals surface area contributed by atoms with Crippen molar-refractivity contribution < 1.29 is 18.3 Å². The third-order valence-electron chi connectivity index (χ3n) is 7.24. The van der Waals surface area contributed by atoms with Crippen LogP contribution in [0.4, 0.5) is 20.4 Å². The van der Waals surface area contributed by atoms with Gasteiger partial charge in [-0.25, -0.2) is 13.5 Å². The van der Waals surface area contributed by atoms with Crippen molar-refractivity contribution >= 4 is 11.6 Å². The zero-order chi connectivity index (χ0) is 23.9. The number of methoxy groups -OCH3 is 1. The van der Waals surface area contributed by atoms with Crippen LogP contribution in [-0.4, -0.2) is 57.8 Å². The molecule has 1 aliphatic carbocycles.